The van der Waals surface area contributed by atoms with Crippen molar-refractivity contribution in [2.24, 2.45) is 4.99 Å². The van der Waals surface area contributed by atoms with E-state index in [1.165, 1.54) is 0 Å². The highest BCUT2D eigenvalue weighted by Gasteiger charge is 2.07. The number of methoxy groups -OCH3 is 1. The molecule has 2 rings (SSSR count). The lowest BCUT2D eigenvalue weighted by Crippen LogP contribution is -2.30. The van der Waals surface area contributed by atoms with Gasteiger partial charge < -0.3 is 29.7 Å². The van der Waals surface area contributed by atoms with E-state index in [9.17, 15) is 0 Å². The standard InChI is InChI=1S/C23H34N4O3/c1-6-29-21-13-10-19(16-22(21)28-5)26-23(24-2)25-17-18-8-11-20(12-9-18)30-15-7-14-27(3)4/h8-13,16H,6-7,14-15,17H2,1-5H3,(H2,24,25,26). The SMILES string of the molecule is CCOc1ccc(NC(=NC)NCc2ccc(OCCCN(C)C)cc2)cc1OC. The molecule has 2 aromatic rings. The van der Waals surface area contributed by atoms with Crippen LogP contribution in [-0.2, 0) is 6.54 Å². The minimum absolute atomic E-state index is 0.590. The molecule has 0 unspecified atom stereocenters. The van der Waals surface area contributed by atoms with Gasteiger partial charge in [0.2, 0.25) is 0 Å². The fourth-order valence-electron chi connectivity index (χ4n) is 2.80. The molecule has 0 aromatic heterocycles. The molecule has 0 aliphatic carbocycles. The van der Waals surface area contributed by atoms with Crippen molar-refractivity contribution in [1.82, 2.24) is 10.2 Å². The molecule has 0 spiro atoms. The average Bonchev–Trinajstić information content (AvgIpc) is 2.76. The Bertz CT molecular complexity index is 792. The van der Waals surface area contributed by atoms with Crippen LogP contribution in [-0.4, -0.2) is 58.9 Å². The monoisotopic (exact) mass is 414 g/mol. The molecule has 0 bridgehead atoms. The van der Waals surface area contributed by atoms with E-state index in [-0.39, 0.29) is 0 Å². The van der Waals surface area contributed by atoms with Gasteiger partial charge in [-0.2, -0.15) is 0 Å². The smallest absolute Gasteiger partial charge is 0.195 e. The molecule has 30 heavy (non-hydrogen) atoms. The maximum atomic E-state index is 5.78. The van der Waals surface area contributed by atoms with Gasteiger partial charge in [0.05, 0.1) is 20.3 Å². The number of anilines is 1. The van der Waals surface area contributed by atoms with Crippen molar-refractivity contribution in [2.75, 3.05) is 53.3 Å². The van der Waals surface area contributed by atoms with Gasteiger partial charge in [-0.25, -0.2) is 0 Å². The Morgan fingerprint density at radius 2 is 1.80 bits per heavy atom. The first-order valence-corrected chi connectivity index (χ1v) is 10.2. The van der Waals surface area contributed by atoms with Gasteiger partial charge in [0.15, 0.2) is 17.5 Å². The van der Waals surface area contributed by atoms with Gasteiger partial charge in [-0.05, 0) is 57.3 Å². The van der Waals surface area contributed by atoms with Crippen LogP contribution in [0.5, 0.6) is 17.2 Å². The van der Waals surface area contributed by atoms with E-state index in [1.54, 1.807) is 14.2 Å². The Hall–Kier alpha value is -2.93. The first kappa shape index (κ1) is 23.3. The van der Waals surface area contributed by atoms with Gasteiger partial charge >= 0.3 is 0 Å². The number of rotatable bonds is 11. The summed E-state index contributed by atoms with van der Waals surface area (Å²) in [5.41, 5.74) is 2.01. The molecule has 2 aromatic carbocycles. The third kappa shape index (κ3) is 7.83. The van der Waals surface area contributed by atoms with E-state index < -0.39 is 0 Å². The fourth-order valence-corrected chi connectivity index (χ4v) is 2.80. The number of hydrogen-bond acceptors (Lipinski definition) is 5. The summed E-state index contributed by atoms with van der Waals surface area (Å²) in [6.07, 6.45) is 1.01. The summed E-state index contributed by atoms with van der Waals surface area (Å²) in [6.45, 7) is 4.93. The Kier molecular flexibility index (Phi) is 9.80. The predicted octanol–water partition coefficient (Wildman–Crippen LogP) is 3.61. The van der Waals surface area contributed by atoms with Crippen molar-refractivity contribution >= 4 is 11.6 Å². The highest BCUT2D eigenvalue weighted by atomic mass is 16.5. The largest absolute Gasteiger partial charge is 0.494 e. The summed E-state index contributed by atoms with van der Waals surface area (Å²) >= 11 is 0. The fraction of sp³-hybridized carbons (Fsp3) is 0.435. The molecule has 2 N–H and O–H groups in total. The van der Waals surface area contributed by atoms with Gasteiger partial charge in [-0.15, -0.1) is 0 Å². The molecule has 0 atom stereocenters. The zero-order chi connectivity index (χ0) is 21.8. The van der Waals surface area contributed by atoms with E-state index in [0.717, 1.165) is 42.3 Å². The number of nitrogens with zero attached hydrogens (tertiary/aromatic N) is 2. The molecule has 0 fully saturated rings. The number of benzene rings is 2. The third-order valence-corrected chi connectivity index (χ3v) is 4.35. The first-order valence-electron chi connectivity index (χ1n) is 10.2. The van der Waals surface area contributed by atoms with E-state index in [4.69, 9.17) is 14.2 Å². The van der Waals surface area contributed by atoms with Gasteiger partial charge in [-0.3, -0.25) is 4.99 Å². The van der Waals surface area contributed by atoms with E-state index in [1.807, 2.05) is 37.3 Å². The van der Waals surface area contributed by atoms with Crippen LogP contribution in [0.4, 0.5) is 5.69 Å². The van der Waals surface area contributed by atoms with Crippen molar-refractivity contribution in [3.05, 3.63) is 48.0 Å². The normalized spacial score (nSPS) is 11.3. The molecule has 0 aliphatic rings. The summed E-state index contributed by atoms with van der Waals surface area (Å²) in [6, 6.07) is 13.8. The molecule has 0 saturated heterocycles. The van der Waals surface area contributed by atoms with Crippen LogP contribution in [0.3, 0.4) is 0 Å². The van der Waals surface area contributed by atoms with Crippen LogP contribution in [0.15, 0.2) is 47.5 Å². The molecular weight excluding hydrogens is 380 g/mol. The van der Waals surface area contributed by atoms with Crippen LogP contribution in [0, 0.1) is 0 Å². The number of ether oxygens (including phenoxy) is 3. The van der Waals surface area contributed by atoms with Crippen molar-refractivity contribution in [3.8, 4) is 17.2 Å². The lowest BCUT2D eigenvalue weighted by molar-refractivity contribution is 0.281. The number of hydrogen-bond donors (Lipinski definition) is 2. The molecule has 0 amide bonds. The average molecular weight is 415 g/mol. The topological polar surface area (TPSA) is 67.3 Å². The number of aliphatic imine (C=N–C) groups is 1. The summed E-state index contributed by atoms with van der Waals surface area (Å²) < 4.78 is 16.7. The van der Waals surface area contributed by atoms with E-state index in [2.05, 4.69) is 46.8 Å². The molecule has 0 aliphatic heterocycles. The quantitative estimate of drug-likeness (QED) is 0.333. The van der Waals surface area contributed by atoms with E-state index in [0.29, 0.717) is 24.9 Å². The molecule has 0 saturated carbocycles. The lowest BCUT2D eigenvalue weighted by Gasteiger charge is -2.15. The number of nitrogens with one attached hydrogen (secondary N) is 2. The van der Waals surface area contributed by atoms with Crippen LogP contribution in [0.25, 0.3) is 0 Å². The Morgan fingerprint density at radius 1 is 1.03 bits per heavy atom. The zero-order valence-electron chi connectivity index (χ0n) is 18.7. The minimum Gasteiger partial charge on any atom is -0.494 e. The maximum absolute atomic E-state index is 5.78. The summed E-state index contributed by atoms with van der Waals surface area (Å²) in [7, 11) is 7.50. The first-order chi connectivity index (χ1) is 14.5. The van der Waals surface area contributed by atoms with E-state index >= 15 is 0 Å². The van der Waals surface area contributed by atoms with Crippen molar-refractivity contribution < 1.29 is 14.2 Å². The van der Waals surface area contributed by atoms with Crippen LogP contribution in [0.1, 0.15) is 18.9 Å². The zero-order valence-corrected chi connectivity index (χ0v) is 18.7. The molecule has 7 heteroatoms. The molecular formula is C23H34N4O3. The second-order valence-electron chi connectivity index (χ2n) is 7.00. The third-order valence-electron chi connectivity index (χ3n) is 4.35. The predicted molar refractivity (Wildman–Crippen MR) is 123 cm³/mol. The molecule has 7 nitrogen and oxygen atoms in total. The van der Waals surface area contributed by atoms with Crippen molar-refractivity contribution in [1.29, 1.82) is 0 Å². The minimum atomic E-state index is 0.590. The highest BCUT2D eigenvalue weighted by Crippen LogP contribution is 2.30. The summed E-state index contributed by atoms with van der Waals surface area (Å²) in [5.74, 6) is 2.96. The van der Waals surface area contributed by atoms with Gasteiger partial charge in [0.25, 0.3) is 0 Å². The Balaban J connectivity index is 1.85. The van der Waals surface area contributed by atoms with Crippen LogP contribution >= 0.6 is 0 Å². The Labute approximate surface area is 180 Å². The van der Waals surface area contributed by atoms with Crippen LogP contribution < -0.4 is 24.8 Å². The molecule has 164 valence electrons. The lowest BCUT2D eigenvalue weighted by atomic mass is 10.2. The Morgan fingerprint density at radius 3 is 2.43 bits per heavy atom. The van der Waals surface area contributed by atoms with Gasteiger partial charge in [0.1, 0.15) is 5.75 Å². The number of guanidine groups is 1. The second-order valence-corrected chi connectivity index (χ2v) is 7.00. The van der Waals surface area contributed by atoms with Crippen molar-refractivity contribution in [3.63, 3.8) is 0 Å². The van der Waals surface area contributed by atoms with Crippen LogP contribution in [0.2, 0.25) is 0 Å². The summed E-state index contributed by atoms with van der Waals surface area (Å²) in [4.78, 5) is 6.44. The molecule has 0 radical (unpaired) electrons. The summed E-state index contributed by atoms with van der Waals surface area (Å²) in [5, 5.41) is 6.59. The maximum Gasteiger partial charge on any atom is 0.195 e. The second kappa shape index (κ2) is 12.6. The van der Waals surface area contributed by atoms with Crippen molar-refractivity contribution in [2.45, 2.75) is 19.9 Å². The highest BCUT2D eigenvalue weighted by molar-refractivity contribution is 5.93. The van der Waals surface area contributed by atoms with Gasteiger partial charge in [-0.1, -0.05) is 12.1 Å². The van der Waals surface area contributed by atoms with Gasteiger partial charge in [0, 0.05) is 31.9 Å². The molecule has 0 heterocycles.